The Morgan fingerprint density at radius 2 is 2.00 bits per heavy atom. The van der Waals surface area contributed by atoms with E-state index in [0.717, 1.165) is 11.0 Å². The van der Waals surface area contributed by atoms with Crippen LogP contribution in [0.1, 0.15) is 13.8 Å². The maximum Gasteiger partial charge on any atom is 0.327 e. The van der Waals surface area contributed by atoms with Crippen molar-refractivity contribution in [2.24, 2.45) is 5.92 Å². The summed E-state index contributed by atoms with van der Waals surface area (Å²) in [6.07, 6.45) is 1.10. The molecule has 0 aromatic heterocycles. The minimum absolute atomic E-state index is 0.0207. The van der Waals surface area contributed by atoms with Gasteiger partial charge in [-0.15, -0.1) is 0 Å². The summed E-state index contributed by atoms with van der Waals surface area (Å²) in [5, 5.41) is 2.55. The Morgan fingerprint density at radius 1 is 1.39 bits per heavy atom. The molecule has 1 saturated heterocycles. The van der Waals surface area contributed by atoms with Crippen molar-refractivity contribution in [1.29, 1.82) is 0 Å². The van der Waals surface area contributed by atoms with Crippen molar-refractivity contribution in [3.63, 3.8) is 0 Å². The molecule has 6 heteroatoms. The van der Waals surface area contributed by atoms with Gasteiger partial charge in [0.1, 0.15) is 6.04 Å². The molecule has 1 fully saturated rings. The summed E-state index contributed by atoms with van der Waals surface area (Å²) in [5.74, 6) is -0.666. The van der Waals surface area contributed by atoms with E-state index in [0.29, 0.717) is 13.1 Å². The number of likely N-dealkylation sites (N-methyl/N-ethyl adjacent to an activating group) is 1. The SMILES string of the molecule is C=CC(=O)N1CCN([C@H](C(=O)NC)C(C)C)C1=O. The number of nitrogens with one attached hydrogen (secondary N) is 1. The molecule has 0 aromatic rings. The largest absolute Gasteiger partial charge is 0.357 e. The zero-order valence-electron chi connectivity index (χ0n) is 11.0. The van der Waals surface area contributed by atoms with Crippen LogP contribution in [0.3, 0.4) is 0 Å². The predicted octanol–water partition coefficient (Wildman–Crippen LogP) is 0.207. The van der Waals surface area contributed by atoms with Crippen LogP contribution in [0.2, 0.25) is 0 Å². The highest BCUT2D eigenvalue weighted by Crippen LogP contribution is 2.18. The molecule has 100 valence electrons. The highest BCUT2D eigenvalue weighted by atomic mass is 16.2. The minimum Gasteiger partial charge on any atom is -0.357 e. The molecular formula is C12H19N3O3. The molecule has 0 aliphatic carbocycles. The lowest BCUT2D eigenvalue weighted by atomic mass is 10.0. The summed E-state index contributed by atoms with van der Waals surface area (Å²) in [5.41, 5.74) is 0. The number of urea groups is 1. The first-order valence-corrected chi connectivity index (χ1v) is 5.90. The number of carbonyl (C=O) groups excluding carboxylic acids is 3. The van der Waals surface area contributed by atoms with Crippen molar-refractivity contribution in [2.45, 2.75) is 19.9 Å². The van der Waals surface area contributed by atoms with Crippen molar-refractivity contribution in [1.82, 2.24) is 15.1 Å². The smallest absolute Gasteiger partial charge is 0.327 e. The van der Waals surface area contributed by atoms with Gasteiger partial charge in [-0.2, -0.15) is 0 Å². The van der Waals surface area contributed by atoms with Crippen LogP contribution in [0.15, 0.2) is 12.7 Å². The number of rotatable bonds is 4. The van der Waals surface area contributed by atoms with Crippen LogP contribution in [0.25, 0.3) is 0 Å². The lowest BCUT2D eigenvalue weighted by Crippen LogP contribution is -2.51. The Hall–Kier alpha value is -1.85. The summed E-state index contributed by atoms with van der Waals surface area (Å²) in [6.45, 7) is 7.75. The Balaban J connectivity index is 2.90. The summed E-state index contributed by atoms with van der Waals surface area (Å²) >= 11 is 0. The summed E-state index contributed by atoms with van der Waals surface area (Å²) < 4.78 is 0. The van der Waals surface area contributed by atoms with Crippen molar-refractivity contribution in [2.75, 3.05) is 20.1 Å². The molecule has 1 aliphatic rings. The maximum absolute atomic E-state index is 12.1. The molecule has 0 unspecified atom stereocenters. The van der Waals surface area contributed by atoms with E-state index in [1.807, 2.05) is 13.8 Å². The van der Waals surface area contributed by atoms with Crippen LogP contribution < -0.4 is 5.32 Å². The Kier molecular flexibility index (Phi) is 4.47. The molecule has 6 nitrogen and oxygen atoms in total. The molecular weight excluding hydrogens is 234 g/mol. The van der Waals surface area contributed by atoms with Gasteiger partial charge in [0.2, 0.25) is 5.91 Å². The third-order valence-corrected chi connectivity index (χ3v) is 2.96. The van der Waals surface area contributed by atoms with E-state index in [-0.39, 0.29) is 11.8 Å². The Morgan fingerprint density at radius 3 is 2.44 bits per heavy atom. The van der Waals surface area contributed by atoms with E-state index in [1.54, 1.807) is 0 Å². The second kappa shape index (κ2) is 5.66. The zero-order valence-corrected chi connectivity index (χ0v) is 11.0. The van der Waals surface area contributed by atoms with Gasteiger partial charge in [0.25, 0.3) is 5.91 Å². The van der Waals surface area contributed by atoms with Crippen LogP contribution in [-0.2, 0) is 9.59 Å². The fraction of sp³-hybridized carbons (Fsp3) is 0.583. The van der Waals surface area contributed by atoms with Crippen molar-refractivity contribution < 1.29 is 14.4 Å². The van der Waals surface area contributed by atoms with E-state index < -0.39 is 18.0 Å². The van der Waals surface area contributed by atoms with E-state index in [4.69, 9.17) is 0 Å². The van der Waals surface area contributed by atoms with E-state index >= 15 is 0 Å². The summed E-state index contributed by atoms with van der Waals surface area (Å²) in [7, 11) is 1.53. The van der Waals surface area contributed by atoms with Gasteiger partial charge in [0, 0.05) is 20.1 Å². The Labute approximate surface area is 107 Å². The first-order chi connectivity index (χ1) is 8.43. The average molecular weight is 253 g/mol. The van der Waals surface area contributed by atoms with Crippen molar-refractivity contribution in [3.05, 3.63) is 12.7 Å². The van der Waals surface area contributed by atoms with Gasteiger partial charge in [-0.25, -0.2) is 4.79 Å². The van der Waals surface area contributed by atoms with E-state index in [2.05, 4.69) is 11.9 Å². The number of hydrogen-bond acceptors (Lipinski definition) is 3. The molecule has 0 saturated carbocycles. The molecule has 4 amide bonds. The molecule has 1 rings (SSSR count). The molecule has 0 spiro atoms. The number of carbonyl (C=O) groups is 3. The topological polar surface area (TPSA) is 69.7 Å². The van der Waals surface area contributed by atoms with Gasteiger partial charge in [0.05, 0.1) is 0 Å². The zero-order chi connectivity index (χ0) is 13.9. The van der Waals surface area contributed by atoms with Crippen LogP contribution >= 0.6 is 0 Å². The van der Waals surface area contributed by atoms with Gasteiger partial charge in [-0.05, 0) is 12.0 Å². The summed E-state index contributed by atoms with van der Waals surface area (Å²) in [6, 6.07) is -0.979. The second-order valence-electron chi connectivity index (χ2n) is 4.47. The highest BCUT2D eigenvalue weighted by molar-refractivity contribution is 6.02. The monoisotopic (exact) mass is 253 g/mol. The minimum atomic E-state index is -0.551. The van der Waals surface area contributed by atoms with Gasteiger partial charge in [-0.3, -0.25) is 14.5 Å². The molecule has 1 heterocycles. The number of hydrogen-bond donors (Lipinski definition) is 1. The van der Waals surface area contributed by atoms with Crippen LogP contribution in [0.4, 0.5) is 4.79 Å². The third-order valence-electron chi connectivity index (χ3n) is 2.96. The van der Waals surface area contributed by atoms with Crippen molar-refractivity contribution >= 4 is 17.8 Å². The molecule has 18 heavy (non-hydrogen) atoms. The first-order valence-electron chi connectivity index (χ1n) is 5.90. The lowest BCUT2D eigenvalue weighted by molar-refractivity contribution is -0.127. The first kappa shape index (κ1) is 14.2. The number of amides is 4. The van der Waals surface area contributed by atoms with Gasteiger partial charge < -0.3 is 10.2 Å². The summed E-state index contributed by atoms with van der Waals surface area (Å²) in [4.78, 5) is 37.9. The molecule has 1 atom stereocenters. The molecule has 0 radical (unpaired) electrons. The van der Waals surface area contributed by atoms with E-state index in [1.165, 1.54) is 11.9 Å². The highest BCUT2D eigenvalue weighted by Gasteiger charge is 2.40. The van der Waals surface area contributed by atoms with Gasteiger partial charge >= 0.3 is 6.03 Å². The number of nitrogens with zero attached hydrogens (tertiary/aromatic N) is 2. The third kappa shape index (κ3) is 2.52. The Bertz CT molecular complexity index is 379. The predicted molar refractivity (Wildman–Crippen MR) is 66.7 cm³/mol. The molecule has 1 N–H and O–H groups in total. The quantitative estimate of drug-likeness (QED) is 0.728. The van der Waals surface area contributed by atoms with Crippen LogP contribution in [0.5, 0.6) is 0 Å². The molecule has 0 aromatic carbocycles. The molecule has 1 aliphatic heterocycles. The van der Waals surface area contributed by atoms with Crippen molar-refractivity contribution in [3.8, 4) is 0 Å². The van der Waals surface area contributed by atoms with Crippen LogP contribution in [-0.4, -0.2) is 53.8 Å². The normalized spacial score (nSPS) is 17.0. The lowest BCUT2D eigenvalue weighted by Gasteiger charge is -2.28. The second-order valence-corrected chi connectivity index (χ2v) is 4.47. The van der Waals surface area contributed by atoms with Gasteiger partial charge in [-0.1, -0.05) is 20.4 Å². The van der Waals surface area contributed by atoms with Crippen LogP contribution in [0, 0.1) is 5.92 Å². The van der Waals surface area contributed by atoms with Gasteiger partial charge in [0.15, 0.2) is 0 Å². The standard InChI is InChI=1S/C12H19N3O3/c1-5-9(16)14-6-7-15(12(14)18)10(8(2)3)11(17)13-4/h5,8,10H,1,6-7H2,2-4H3,(H,13,17)/t10-/m0/s1. The maximum atomic E-state index is 12.1. The molecule has 0 bridgehead atoms. The average Bonchev–Trinajstić information content (AvgIpc) is 2.70. The number of imide groups is 1. The fourth-order valence-electron chi connectivity index (χ4n) is 2.08. The van der Waals surface area contributed by atoms with E-state index in [9.17, 15) is 14.4 Å². The fourth-order valence-corrected chi connectivity index (χ4v) is 2.08.